The molecule has 3 N–H and O–H groups in total. The van der Waals surface area contributed by atoms with E-state index in [0.29, 0.717) is 21.4 Å². The van der Waals surface area contributed by atoms with Crippen molar-refractivity contribution in [3.63, 3.8) is 0 Å². The van der Waals surface area contributed by atoms with Gasteiger partial charge in [0, 0.05) is 12.4 Å². The van der Waals surface area contributed by atoms with Gasteiger partial charge in [0.15, 0.2) is 11.2 Å². The maximum absolute atomic E-state index is 11.8. The number of pyridine rings is 1. The molecule has 22 heavy (non-hydrogen) atoms. The highest BCUT2D eigenvalue weighted by Gasteiger charge is 2.30. The fraction of sp³-hybridized carbons (Fsp3) is 0.308. The maximum Gasteiger partial charge on any atom is 0.337 e. The van der Waals surface area contributed by atoms with Gasteiger partial charge < -0.3 is 19.9 Å². The number of nitrogens with zero attached hydrogens (tertiary/aromatic N) is 2. The van der Waals surface area contributed by atoms with Crippen LogP contribution >= 0.6 is 23.2 Å². The molecule has 0 fully saturated rings. The number of hydrogen-bond acceptors (Lipinski definition) is 4. The molecule has 0 aliphatic carbocycles. The average molecular weight is 346 g/mol. The zero-order valence-corrected chi connectivity index (χ0v) is 13.0. The highest BCUT2D eigenvalue weighted by atomic mass is 35.5. The normalized spacial score (nSPS) is 13.8. The van der Waals surface area contributed by atoms with Crippen LogP contribution in [0.5, 0.6) is 0 Å². The summed E-state index contributed by atoms with van der Waals surface area (Å²) in [5.74, 6) is -1.88. The number of fused-ring (bicyclic) bond motifs is 1. The summed E-state index contributed by atoms with van der Waals surface area (Å²) in [4.78, 5) is 26.7. The molecule has 0 saturated heterocycles. The summed E-state index contributed by atoms with van der Waals surface area (Å²) >= 11 is 11.9. The lowest BCUT2D eigenvalue weighted by Crippen LogP contribution is -2.46. The molecular formula is C13H13Cl2N3O4. The predicted octanol–water partition coefficient (Wildman–Crippen LogP) is 1.14. The van der Waals surface area contributed by atoms with Crippen LogP contribution in [-0.2, 0) is 16.0 Å². The molecule has 118 valence electrons. The summed E-state index contributed by atoms with van der Waals surface area (Å²) in [6.45, 7) is 0.698. The van der Waals surface area contributed by atoms with Crippen molar-refractivity contribution < 1.29 is 19.8 Å². The van der Waals surface area contributed by atoms with Crippen molar-refractivity contribution in [2.75, 3.05) is 6.54 Å². The highest BCUT2D eigenvalue weighted by molar-refractivity contribution is 6.36. The number of carboxylic acids is 1. The molecule has 1 atom stereocenters. The van der Waals surface area contributed by atoms with E-state index in [-0.39, 0.29) is 6.42 Å². The Hall–Kier alpha value is -1.83. The van der Waals surface area contributed by atoms with Gasteiger partial charge in [0.05, 0.1) is 28.7 Å². The molecule has 2 aromatic rings. The summed E-state index contributed by atoms with van der Waals surface area (Å²) in [5, 5.41) is 21.4. The largest absolute Gasteiger partial charge is 0.479 e. The first-order chi connectivity index (χ1) is 10.2. The van der Waals surface area contributed by atoms with Gasteiger partial charge in [-0.25, -0.2) is 9.78 Å². The molecule has 0 radical (unpaired) electrons. The number of nitrogens with one attached hydrogen (secondary N) is 1. The van der Waals surface area contributed by atoms with Gasteiger partial charge in [-0.15, -0.1) is 0 Å². The summed E-state index contributed by atoms with van der Waals surface area (Å²) < 4.78 is 1.60. The van der Waals surface area contributed by atoms with Crippen LogP contribution in [0.3, 0.4) is 0 Å². The van der Waals surface area contributed by atoms with E-state index in [1.165, 1.54) is 0 Å². The highest BCUT2D eigenvalue weighted by Crippen LogP contribution is 2.21. The number of hydrogen-bond donors (Lipinski definition) is 3. The molecule has 2 heterocycles. The van der Waals surface area contributed by atoms with Crippen LogP contribution in [0.25, 0.3) is 5.65 Å². The molecule has 1 amide bonds. The van der Waals surface area contributed by atoms with Crippen molar-refractivity contribution >= 4 is 40.7 Å². The zero-order valence-electron chi connectivity index (χ0n) is 11.5. The zero-order chi connectivity index (χ0) is 16.5. The third-order valence-electron chi connectivity index (χ3n) is 2.96. The lowest BCUT2D eigenvalue weighted by atomic mass is 10.1. The van der Waals surface area contributed by atoms with Crippen LogP contribution in [0.4, 0.5) is 0 Å². The Morgan fingerprint density at radius 3 is 2.73 bits per heavy atom. The fourth-order valence-corrected chi connectivity index (χ4v) is 2.26. The van der Waals surface area contributed by atoms with E-state index in [9.17, 15) is 14.7 Å². The SMILES string of the molecule is CC(O)(CNC(=O)Cc1cn2cc(Cl)cc(Cl)c2n1)C(=O)O. The van der Waals surface area contributed by atoms with Crippen molar-refractivity contribution in [3.05, 3.63) is 34.2 Å². The number of halogens is 2. The van der Waals surface area contributed by atoms with Gasteiger partial charge in [-0.05, 0) is 13.0 Å². The molecule has 1 unspecified atom stereocenters. The maximum atomic E-state index is 11.8. The standard InChI is InChI=1S/C13H13Cl2N3O4/c1-13(22,12(20)21)6-16-10(19)3-8-5-18-4-7(14)2-9(15)11(18)17-8/h2,4-5,22H,3,6H2,1H3,(H,16,19)(H,20,21). The van der Waals surface area contributed by atoms with Crippen LogP contribution < -0.4 is 5.32 Å². The first-order valence-electron chi connectivity index (χ1n) is 6.24. The van der Waals surface area contributed by atoms with Gasteiger partial charge in [0.1, 0.15) is 0 Å². The molecule has 0 aliphatic rings. The Labute approximate surface area is 135 Å². The number of aliphatic hydroxyl groups is 1. The van der Waals surface area contributed by atoms with Gasteiger partial charge in [-0.2, -0.15) is 0 Å². The first kappa shape index (κ1) is 16.5. The smallest absolute Gasteiger partial charge is 0.337 e. The molecule has 2 rings (SSSR count). The predicted molar refractivity (Wildman–Crippen MR) is 80.2 cm³/mol. The second-order valence-electron chi connectivity index (χ2n) is 5.00. The third kappa shape index (κ3) is 3.68. The minimum atomic E-state index is -2.02. The summed E-state index contributed by atoms with van der Waals surface area (Å²) in [6, 6.07) is 1.54. The van der Waals surface area contributed by atoms with Gasteiger partial charge in [-0.1, -0.05) is 23.2 Å². The van der Waals surface area contributed by atoms with E-state index in [1.54, 1.807) is 22.9 Å². The number of imidazole rings is 1. The number of aromatic nitrogens is 2. The summed E-state index contributed by atoms with van der Waals surface area (Å²) in [5.41, 5.74) is -1.12. The Bertz CT molecular complexity index is 742. The summed E-state index contributed by atoms with van der Waals surface area (Å²) in [7, 11) is 0. The minimum absolute atomic E-state index is 0.0780. The molecule has 0 saturated carbocycles. The monoisotopic (exact) mass is 345 g/mol. The molecule has 0 spiro atoms. The number of rotatable bonds is 5. The lowest BCUT2D eigenvalue weighted by Gasteiger charge is -2.17. The van der Waals surface area contributed by atoms with E-state index in [1.807, 2.05) is 0 Å². The van der Waals surface area contributed by atoms with Crippen molar-refractivity contribution in [2.24, 2.45) is 0 Å². The molecular weight excluding hydrogens is 333 g/mol. The van der Waals surface area contributed by atoms with Crippen LogP contribution in [0.1, 0.15) is 12.6 Å². The van der Waals surface area contributed by atoms with Crippen molar-refractivity contribution in [1.29, 1.82) is 0 Å². The minimum Gasteiger partial charge on any atom is -0.479 e. The molecule has 0 bridgehead atoms. The molecule has 0 aromatic carbocycles. The van der Waals surface area contributed by atoms with Crippen molar-refractivity contribution in [2.45, 2.75) is 18.9 Å². The van der Waals surface area contributed by atoms with Crippen LogP contribution in [-0.4, -0.2) is 43.6 Å². The van der Waals surface area contributed by atoms with E-state index < -0.39 is 24.0 Å². The van der Waals surface area contributed by atoms with Gasteiger partial charge >= 0.3 is 5.97 Å². The molecule has 7 nitrogen and oxygen atoms in total. The molecule has 0 aliphatic heterocycles. The van der Waals surface area contributed by atoms with Crippen molar-refractivity contribution in [3.8, 4) is 0 Å². The van der Waals surface area contributed by atoms with E-state index >= 15 is 0 Å². The molecule has 2 aromatic heterocycles. The number of carbonyl (C=O) groups excluding carboxylic acids is 1. The quantitative estimate of drug-likeness (QED) is 0.753. The van der Waals surface area contributed by atoms with Gasteiger partial charge in [0.2, 0.25) is 5.91 Å². The number of carbonyl (C=O) groups is 2. The molecule has 9 heteroatoms. The van der Waals surface area contributed by atoms with Gasteiger partial charge in [0.25, 0.3) is 0 Å². The second-order valence-corrected chi connectivity index (χ2v) is 5.85. The average Bonchev–Trinajstić information content (AvgIpc) is 2.79. The fourth-order valence-electron chi connectivity index (χ4n) is 1.73. The second kappa shape index (κ2) is 6.12. The van der Waals surface area contributed by atoms with Crippen LogP contribution in [0.15, 0.2) is 18.5 Å². The number of amides is 1. The topological polar surface area (TPSA) is 104 Å². The van der Waals surface area contributed by atoms with E-state index in [0.717, 1.165) is 6.92 Å². The Kier molecular flexibility index (Phi) is 4.60. The Morgan fingerprint density at radius 2 is 2.09 bits per heavy atom. The van der Waals surface area contributed by atoms with Gasteiger partial charge in [-0.3, -0.25) is 4.79 Å². The number of aliphatic carboxylic acids is 1. The van der Waals surface area contributed by atoms with Crippen molar-refractivity contribution in [1.82, 2.24) is 14.7 Å². The van der Waals surface area contributed by atoms with Crippen LogP contribution in [0.2, 0.25) is 10.0 Å². The number of carboxylic acid groups (broad SMARTS) is 1. The van der Waals surface area contributed by atoms with E-state index in [4.69, 9.17) is 28.3 Å². The first-order valence-corrected chi connectivity index (χ1v) is 7.00. The van der Waals surface area contributed by atoms with E-state index in [2.05, 4.69) is 10.3 Å². The Balaban J connectivity index is 2.06. The van der Waals surface area contributed by atoms with Crippen LogP contribution in [0, 0.1) is 0 Å². The Morgan fingerprint density at radius 1 is 1.41 bits per heavy atom. The lowest BCUT2D eigenvalue weighted by molar-refractivity contribution is -0.156. The third-order valence-corrected chi connectivity index (χ3v) is 3.44. The summed E-state index contributed by atoms with van der Waals surface area (Å²) in [6.07, 6.45) is 3.12.